The Bertz CT molecular complexity index is 394. The van der Waals surface area contributed by atoms with Crippen LogP contribution in [-0.2, 0) is 6.54 Å². The quantitative estimate of drug-likeness (QED) is 0.671. The van der Waals surface area contributed by atoms with Gasteiger partial charge in [0.15, 0.2) is 6.29 Å². The van der Waals surface area contributed by atoms with Crippen LogP contribution in [0, 0.1) is 0 Å². The fraction of sp³-hybridized carbons (Fsp3) is 0.143. The Morgan fingerprint density at radius 1 is 1.54 bits per heavy atom. The lowest BCUT2D eigenvalue weighted by Crippen LogP contribution is -1.97. The van der Waals surface area contributed by atoms with Crippen LogP contribution < -0.4 is 0 Å². The summed E-state index contributed by atoms with van der Waals surface area (Å²) in [5, 5.41) is 7.70. The fourth-order valence-electron chi connectivity index (χ4n) is 0.944. The van der Waals surface area contributed by atoms with E-state index in [1.165, 1.54) is 17.7 Å². The van der Waals surface area contributed by atoms with Crippen molar-refractivity contribution in [3.63, 3.8) is 0 Å². The van der Waals surface area contributed by atoms with Gasteiger partial charge >= 0.3 is 0 Å². The normalized spacial score (nSPS) is 10.2. The van der Waals surface area contributed by atoms with E-state index >= 15 is 0 Å². The first-order chi connectivity index (χ1) is 6.38. The summed E-state index contributed by atoms with van der Waals surface area (Å²) in [5.74, 6) is 0. The Kier molecular flexibility index (Phi) is 2.13. The average molecular weight is 194 g/mol. The van der Waals surface area contributed by atoms with Crippen LogP contribution in [0.25, 0.3) is 0 Å². The van der Waals surface area contributed by atoms with Gasteiger partial charge in [-0.1, -0.05) is 4.49 Å². The predicted molar refractivity (Wildman–Crippen MR) is 46.6 cm³/mol. The van der Waals surface area contributed by atoms with E-state index in [2.05, 4.69) is 14.7 Å². The molecule has 2 aromatic rings. The molecule has 0 fully saturated rings. The molecule has 0 aliphatic rings. The molecule has 5 nitrogen and oxygen atoms in total. The van der Waals surface area contributed by atoms with Gasteiger partial charge in [-0.3, -0.25) is 9.48 Å². The van der Waals surface area contributed by atoms with Crippen molar-refractivity contribution in [2.24, 2.45) is 0 Å². The Hall–Kier alpha value is -1.56. The van der Waals surface area contributed by atoms with Gasteiger partial charge in [0.1, 0.15) is 0 Å². The van der Waals surface area contributed by atoms with Crippen molar-refractivity contribution < 1.29 is 4.79 Å². The number of carbonyl (C=O) groups excluding carboxylic acids is 1. The smallest absolute Gasteiger partial charge is 0.153 e. The van der Waals surface area contributed by atoms with E-state index in [9.17, 15) is 4.79 Å². The molecule has 0 saturated heterocycles. The van der Waals surface area contributed by atoms with Crippen molar-refractivity contribution in [3.8, 4) is 0 Å². The summed E-state index contributed by atoms with van der Waals surface area (Å²) in [4.78, 5) is 11.4. The van der Waals surface area contributed by atoms with Crippen LogP contribution in [0.1, 0.15) is 15.2 Å². The van der Waals surface area contributed by atoms with Gasteiger partial charge in [-0.25, -0.2) is 0 Å². The number of hydrogen-bond donors (Lipinski definition) is 0. The van der Waals surface area contributed by atoms with Gasteiger partial charge in [-0.15, -0.1) is 5.10 Å². The van der Waals surface area contributed by atoms with E-state index in [1.54, 1.807) is 17.1 Å². The molecular formula is C7H6N4OS. The summed E-state index contributed by atoms with van der Waals surface area (Å²) in [6, 6.07) is 0. The molecule has 0 aliphatic heterocycles. The molecule has 0 unspecified atom stereocenters. The SMILES string of the molecule is O=Cc1cnn(Cc2cnns2)c1. The lowest BCUT2D eigenvalue weighted by molar-refractivity contribution is 0.112. The monoisotopic (exact) mass is 194 g/mol. The maximum Gasteiger partial charge on any atom is 0.153 e. The Morgan fingerprint density at radius 2 is 2.46 bits per heavy atom. The second-order valence-electron chi connectivity index (χ2n) is 2.47. The topological polar surface area (TPSA) is 60.7 Å². The highest BCUT2D eigenvalue weighted by atomic mass is 32.1. The van der Waals surface area contributed by atoms with E-state index in [-0.39, 0.29) is 0 Å². The molecule has 2 heterocycles. The molecule has 0 saturated carbocycles. The first kappa shape index (κ1) is 8.06. The highest BCUT2D eigenvalue weighted by molar-refractivity contribution is 7.05. The molecular weight excluding hydrogens is 188 g/mol. The number of carbonyl (C=O) groups is 1. The standard InChI is InChI=1S/C7H6N4OS/c12-5-6-1-9-11(3-6)4-7-2-8-10-13-7/h1-3,5H,4H2. The first-order valence-corrected chi connectivity index (χ1v) is 4.39. The summed E-state index contributed by atoms with van der Waals surface area (Å²) < 4.78 is 5.41. The second kappa shape index (κ2) is 3.44. The lowest BCUT2D eigenvalue weighted by Gasteiger charge is -1.94. The molecule has 6 heteroatoms. The largest absolute Gasteiger partial charge is 0.298 e. The van der Waals surface area contributed by atoms with Crippen LogP contribution in [0.4, 0.5) is 0 Å². The average Bonchev–Trinajstić information content (AvgIpc) is 2.76. The number of nitrogens with zero attached hydrogens (tertiary/aromatic N) is 4. The third-order valence-electron chi connectivity index (χ3n) is 1.51. The molecule has 2 aromatic heterocycles. The Labute approximate surface area is 78.2 Å². The number of aldehydes is 1. The predicted octanol–water partition coefficient (Wildman–Crippen LogP) is 0.595. The molecule has 0 N–H and O–H groups in total. The summed E-state index contributed by atoms with van der Waals surface area (Å²) >= 11 is 1.32. The molecule has 0 bridgehead atoms. The molecule has 0 radical (unpaired) electrons. The fourth-order valence-corrected chi connectivity index (χ4v) is 1.43. The van der Waals surface area contributed by atoms with Gasteiger partial charge in [0.05, 0.1) is 29.4 Å². The van der Waals surface area contributed by atoms with Crippen LogP contribution in [0.5, 0.6) is 0 Å². The highest BCUT2D eigenvalue weighted by Crippen LogP contribution is 2.04. The van der Waals surface area contributed by atoms with Gasteiger partial charge in [-0.05, 0) is 11.5 Å². The van der Waals surface area contributed by atoms with Crippen molar-refractivity contribution in [2.45, 2.75) is 6.54 Å². The van der Waals surface area contributed by atoms with E-state index < -0.39 is 0 Å². The van der Waals surface area contributed by atoms with Gasteiger partial charge in [0.25, 0.3) is 0 Å². The minimum Gasteiger partial charge on any atom is -0.298 e. The van der Waals surface area contributed by atoms with Crippen molar-refractivity contribution in [1.29, 1.82) is 0 Å². The van der Waals surface area contributed by atoms with Crippen molar-refractivity contribution in [3.05, 3.63) is 29.0 Å². The highest BCUT2D eigenvalue weighted by Gasteiger charge is 1.99. The van der Waals surface area contributed by atoms with Gasteiger partial charge < -0.3 is 0 Å². The number of hydrogen-bond acceptors (Lipinski definition) is 5. The van der Waals surface area contributed by atoms with Crippen LogP contribution >= 0.6 is 11.5 Å². The maximum atomic E-state index is 10.3. The molecule has 13 heavy (non-hydrogen) atoms. The zero-order valence-electron chi connectivity index (χ0n) is 6.62. The van der Waals surface area contributed by atoms with E-state index in [0.717, 1.165) is 11.2 Å². The first-order valence-electron chi connectivity index (χ1n) is 3.62. The summed E-state index contributed by atoms with van der Waals surface area (Å²) in [6.07, 6.45) is 5.68. The molecule has 66 valence electrons. The lowest BCUT2D eigenvalue weighted by atomic mass is 10.4. The van der Waals surface area contributed by atoms with Crippen molar-refractivity contribution >= 4 is 17.8 Å². The zero-order valence-corrected chi connectivity index (χ0v) is 7.44. The maximum absolute atomic E-state index is 10.3. The van der Waals surface area contributed by atoms with E-state index in [0.29, 0.717) is 12.1 Å². The van der Waals surface area contributed by atoms with E-state index in [4.69, 9.17) is 0 Å². The third kappa shape index (κ3) is 1.78. The number of aromatic nitrogens is 4. The molecule has 0 spiro atoms. The second-order valence-corrected chi connectivity index (χ2v) is 3.34. The Morgan fingerprint density at radius 3 is 3.08 bits per heavy atom. The van der Waals surface area contributed by atoms with Crippen LogP contribution in [0.15, 0.2) is 18.6 Å². The van der Waals surface area contributed by atoms with Crippen LogP contribution in [-0.4, -0.2) is 25.7 Å². The van der Waals surface area contributed by atoms with Gasteiger partial charge in [-0.2, -0.15) is 5.10 Å². The summed E-state index contributed by atoms with van der Waals surface area (Å²) in [6.45, 7) is 0.617. The molecule has 0 amide bonds. The Balaban J connectivity index is 2.14. The third-order valence-corrected chi connectivity index (χ3v) is 2.16. The van der Waals surface area contributed by atoms with Crippen LogP contribution in [0.3, 0.4) is 0 Å². The number of rotatable bonds is 3. The van der Waals surface area contributed by atoms with Crippen molar-refractivity contribution in [2.75, 3.05) is 0 Å². The van der Waals surface area contributed by atoms with Crippen molar-refractivity contribution in [1.82, 2.24) is 19.4 Å². The zero-order chi connectivity index (χ0) is 9.10. The minimum atomic E-state index is 0.581. The summed E-state index contributed by atoms with van der Waals surface area (Å²) in [5.41, 5.74) is 0.581. The minimum absolute atomic E-state index is 0.581. The molecule has 0 aliphatic carbocycles. The van der Waals surface area contributed by atoms with E-state index in [1.807, 2.05) is 0 Å². The molecule has 0 atom stereocenters. The van der Waals surface area contributed by atoms with Crippen LogP contribution in [0.2, 0.25) is 0 Å². The molecule has 0 aromatic carbocycles. The molecule has 2 rings (SSSR count). The summed E-state index contributed by atoms with van der Waals surface area (Å²) in [7, 11) is 0. The van der Waals surface area contributed by atoms with Gasteiger partial charge in [0.2, 0.25) is 0 Å². The van der Waals surface area contributed by atoms with Gasteiger partial charge in [0, 0.05) is 6.20 Å².